The highest BCUT2D eigenvalue weighted by molar-refractivity contribution is 9.10. The van der Waals surface area contributed by atoms with Crippen LogP contribution in [-0.4, -0.2) is 20.5 Å². The normalized spacial score (nSPS) is 10.6. The summed E-state index contributed by atoms with van der Waals surface area (Å²) in [6, 6.07) is 16.3. The summed E-state index contributed by atoms with van der Waals surface area (Å²) in [4.78, 5) is 12.6. The fourth-order valence-electron chi connectivity index (χ4n) is 3.25. The van der Waals surface area contributed by atoms with Crippen molar-refractivity contribution in [3.63, 3.8) is 0 Å². The van der Waals surface area contributed by atoms with Crippen LogP contribution in [0.3, 0.4) is 0 Å². The summed E-state index contributed by atoms with van der Waals surface area (Å²) in [7, 11) is 3.17. The third-order valence-electron chi connectivity index (χ3n) is 4.93. The molecule has 0 aliphatic rings. The molecule has 3 rings (SSSR count). The Morgan fingerprint density at radius 3 is 1.77 bits per heavy atom. The number of benzene rings is 3. The van der Waals surface area contributed by atoms with Crippen molar-refractivity contribution in [3.05, 3.63) is 87.4 Å². The van der Waals surface area contributed by atoms with E-state index >= 15 is 4.39 Å². The van der Waals surface area contributed by atoms with Gasteiger partial charge in [-0.2, -0.15) is 0 Å². The zero-order valence-electron chi connectivity index (χ0n) is 17.2. The van der Waals surface area contributed by atoms with Gasteiger partial charge in [0.05, 0.1) is 19.9 Å². The quantitative estimate of drug-likeness (QED) is 0.285. The number of carbonyl (C=O) groups is 1. The van der Waals surface area contributed by atoms with E-state index < -0.39 is 11.6 Å². The first kappa shape index (κ1) is 22.7. The van der Waals surface area contributed by atoms with Crippen molar-refractivity contribution in [3.8, 4) is 11.5 Å². The van der Waals surface area contributed by atoms with E-state index in [1.165, 1.54) is 6.07 Å². The third-order valence-corrected chi connectivity index (χ3v) is 5.63. The number of hydrogen-bond acceptors (Lipinski definition) is 4. The van der Waals surface area contributed by atoms with E-state index in [1.807, 2.05) is 48.5 Å². The van der Waals surface area contributed by atoms with Gasteiger partial charge in [0.1, 0.15) is 17.8 Å². The number of ether oxygens (including phenoxy) is 2. The molecule has 0 bridgehead atoms. The summed E-state index contributed by atoms with van der Waals surface area (Å²) in [5, 5.41) is 0. The summed E-state index contributed by atoms with van der Waals surface area (Å²) < 4.78 is 40.5. The Hall–Kier alpha value is -2.93. The van der Waals surface area contributed by atoms with Crippen LogP contribution in [0.4, 0.5) is 14.5 Å². The van der Waals surface area contributed by atoms with Crippen molar-refractivity contribution in [1.82, 2.24) is 0 Å². The van der Waals surface area contributed by atoms with E-state index in [-0.39, 0.29) is 17.7 Å². The Morgan fingerprint density at radius 1 is 0.871 bits per heavy atom. The fraction of sp³-hybridized carbons (Fsp3) is 0.208. The molecule has 7 heteroatoms. The minimum atomic E-state index is -1.02. The average molecular weight is 490 g/mol. The van der Waals surface area contributed by atoms with E-state index in [0.717, 1.165) is 11.1 Å². The molecule has 3 aromatic carbocycles. The van der Waals surface area contributed by atoms with E-state index in [2.05, 4.69) is 15.9 Å². The zero-order valence-corrected chi connectivity index (χ0v) is 18.8. The second kappa shape index (κ2) is 10.4. The fourth-order valence-corrected chi connectivity index (χ4v) is 3.80. The monoisotopic (exact) mass is 489 g/mol. The van der Waals surface area contributed by atoms with E-state index in [4.69, 9.17) is 9.47 Å². The van der Waals surface area contributed by atoms with Gasteiger partial charge >= 0.3 is 0 Å². The number of nitrogens with zero attached hydrogens (tertiary/aromatic N) is 1. The van der Waals surface area contributed by atoms with Crippen LogP contribution in [-0.2, 0) is 24.3 Å². The van der Waals surface area contributed by atoms with Gasteiger partial charge in [-0.25, -0.2) is 8.78 Å². The van der Waals surface area contributed by atoms with E-state index in [9.17, 15) is 9.18 Å². The van der Waals surface area contributed by atoms with Gasteiger partial charge in [0, 0.05) is 29.5 Å². The molecule has 0 heterocycles. The molecule has 0 N–H and O–H groups in total. The van der Waals surface area contributed by atoms with Gasteiger partial charge < -0.3 is 19.2 Å². The summed E-state index contributed by atoms with van der Waals surface area (Å²) in [6.07, 6.45) is 0.343. The van der Waals surface area contributed by atoms with Gasteiger partial charge in [-0.15, -0.1) is 0 Å². The Labute approximate surface area is 188 Å². The molecule has 0 aliphatic heterocycles. The topological polar surface area (TPSA) is 38.8 Å². The van der Waals surface area contributed by atoms with Crippen LogP contribution < -0.4 is 14.4 Å². The van der Waals surface area contributed by atoms with Gasteiger partial charge in [-0.3, -0.25) is 0 Å². The Kier molecular flexibility index (Phi) is 7.63. The Bertz CT molecular complexity index is 991. The van der Waals surface area contributed by atoms with Crippen LogP contribution in [0.15, 0.2) is 59.1 Å². The first-order chi connectivity index (χ1) is 15.0. The molecule has 4 nitrogen and oxygen atoms in total. The maximum atomic E-state index is 15.1. The number of aldehydes is 1. The maximum absolute atomic E-state index is 15.1. The van der Waals surface area contributed by atoms with Crippen molar-refractivity contribution >= 4 is 27.9 Å². The molecular formula is C24H22BrF2NO3. The van der Waals surface area contributed by atoms with Crippen LogP contribution >= 0.6 is 15.9 Å². The number of hydrogen-bond donors (Lipinski definition) is 0. The van der Waals surface area contributed by atoms with Crippen LogP contribution in [0.2, 0.25) is 0 Å². The molecule has 0 unspecified atom stereocenters. The average Bonchev–Trinajstić information content (AvgIpc) is 2.79. The number of anilines is 1. The van der Waals surface area contributed by atoms with Gasteiger partial charge in [-0.05, 0) is 41.5 Å². The first-order valence-corrected chi connectivity index (χ1v) is 10.4. The van der Waals surface area contributed by atoms with Crippen molar-refractivity contribution in [2.75, 3.05) is 19.1 Å². The van der Waals surface area contributed by atoms with Crippen LogP contribution in [0.25, 0.3) is 0 Å². The molecule has 0 fully saturated rings. The summed E-state index contributed by atoms with van der Waals surface area (Å²) >= 11 is 3.28. The number of methoxy groups -OCH3 is 2. The second-order valence-corrected chi connectivity index (χ2v) is 7.76. The smallest absolute Gasteiger partial charge is 0.182 e. The highest BCUT2D eigenvalue weighted by Crippen LogP contribution is 2.33. The summed E-state index contributed by atoms with van der Waals surface area (Å²) in [6.45, 7) is 0.678. The van der Waals surface area contributed by atoms with Crippen molar-refractivity contribution < 1.29 is 23.0 Å². The zero-order chi connectivity index (χ0) is 22.4. The van der Waals surface area contributed by atoms with E-state index in [0.29, 0.717) is 35.3 Å². The molecule has 0 aliphatic carbocycles. The molecule has 31 heavy (non-hydrogen) atoms. The number of rotatable bonds is 9. The first-order valence-electron chi connectivity index (χ1n) is 9.57. The van der Waals surface area contributed by atoms with Crippen molar-refractivity contribution in [2.24, 2.45) is 0 Å². The predicted octanol–water partition coefficient (Wildman–Crippen LogP) is 5.69. The molecule has 0 radical (unpaired) electrons. The van der Waals surface area contributed by atoms with Crippen molar-refractivity contribution in [1.29, 1.82) is 0 Å². The molecule has 0 atom stereocenters. The molecule has 0 saturated heterocycles. The summed E-state index contributed by atoms with van der Waals surface area (Å²) in [5.74, 6) is -0.583. The van der Waals surface area contributed by atoms with Gasteiger partial charge in [0.15, 0.2) is 11.6 Å². The molecular weight excluding hydrogens is 468 g/mol. The molecule has 0 saturated carbocycles. The number of carbonyl (C=O) groups excluding carboxylic acids is 1. The lowest BCUT2D eigenvalue weighted by atomic mass is 10.1. The minimum Gasteiger partial charge on any atom is -0.497 e. The van der Waals surface area contributed by atoms with Crippen molar-refractivity contribution in [2.45, 2.75) is 19.5 Å². The van der Waals surface area contributed by atoms with Gasteiger partial charge in [0.25, 0.3) is 0 Å². The van der Waals surface area contributed by atoms with Gasteiger partial charge in [-0.1, -0.05) is 40.2 Å². The highest BCUT2D eigenvalue weighted by atomic mass is 79.9. The minimum absolute atomic E-state index is 0.00472. The number of halogens is 3. The lowest BCUT2D eigenvalue weighted by molar-refractivity contribution is -0.107. The lowest BCUT2D eigenvalue weighted by Crippen LogP contribution is -2.24. The Morgan fingerprint density at radius 2 is 1.35 bits per heavy atom. The predicted molar refractivity (Wildman–Crippen MR) is 120 cm³/mol. The van der Waals surface area contributed by atoms with Crippen LogP contribution in [0.1, 0.15) is 16.7 Å². The summed E-state index contributed by atoms with van der Waals surface area (Å²) in [5.41, 5.74) is 1.92. The molecule has 0 aromatic heterocycles. The lowest BCUT2D eigenvalue weighted by Gasteiger charge is -2.27. The standard InChI is InChI=1S/C24H22BrF2NO3/c1-30-18-7-3-16(4-8-18)14-28(15-17-5-9-19(31-2)10-6-17)22-13-21(25)20(11-12-29)23(26)24(22)27/h3-10,12-13H,11,14-15H2,1-2H3. The highest BCUT2D eigenvalue weighted by Gasteiger charge is 2.22. The van der Waals surface area contributed by atoms with Crippen LogP contribution in [0.5, 0.6) is 11.5 Å². The third kappa shape index (κ3) is 5.41. The molecule has 0 amide bonds. The van der Waals surface area contributed by atoms with E-state index in [1.54, 1.807) is 19.1 Å². The second-order valence-electron chi connectivity index (χ2n) is 6.91. The van der Waals surface area contributed by atoms with Gasteiger partial charge in [0.2, 0.25) is 0 Å². The maximum Gasteiger partial charge on any atom is 0.182 e. The molecule has 0 spiro atoms. The SMILES string of the molecule is COc1ccc(CN(Cc2ccc(OC)cc2)c2cc(Br)c(CC=O)c(F)c2F)cc1. The Balaban J connectivity index is 2.00. The van der Waals surface area contributed by atoms with Crippen LogP contribution in [0, 0.1) is 11.6 Å². The molecule has 162 valence electrons. The largest absolute Gasteiger partial charge is 0.497 e. The molecule has 3 aromatic rings.